The number of hydrogen-bond acceptors (Lipinski definition) is 6. The highest BCUT2D eigenvalue weighted by molar-refractivity contribution is 7.99. The summed E-state index contributed by atoms with van der Waals surface area (Å²) in [7, 11) is 0. The Labute approximate surface area is 212 Å². The van der Waals surface area contributed by atoms with Gasteiger partial charge in [-0.3, -0.25) is 4.79 Å². The van der Waals surface area contributed by atoms with E-state index in [9.17, 15) is 9.59 Å². The predicted molar refractivity (Wildman–Crippen MR) is 142 cm³/mol. The third-order valence-electron chi connectivity index (χ3n) is 5.80. The first-order valence-corrected chi connectivity index (χ1v) is 13.4. The van der Waals surface area contributed by atoms with Crippen LogP contribution in [0.4, 0.5) is 5.69 Å². The van der Waals surface area contributed by atoms with Gasteiger partial charge < -0.3 is 14.5 Å². The number of nitrogens with zero attached hydrogens (tertiary/aromatic N) is 1. The summed E-state index contributed by atoms with van der Waals surface area (Å²) < 4.78 is 10.9. The van der Waals surface area contributed by atoms with Crippen LogP contribution in [-0.4, -0.2) is 29.2 Å². The number of rotatable bonds is 12. The number of oxazole rings is 1. The summed E-state index contributed by atoms with van der Waals surface area (Å²) in [5.74, 6) is 1.19. The van der Waals surface area contributed by atoms with Gasteiger partial charge >= 0.3 is 5.97 Å². The lowest BCUT2D eigenvalue weighted by atomic mass is 9.92. The SMILES string of the molecule is CCOC(=O)c1cccc2nc(SCCCCCC(=O)Nc3c(C(C)C)cccc3C(C)C)oc12. The molecule has 0 aliphatic rings. The summed E-state index contributed by atoms with van der Waals surface area (Å²) in [6, 6.07) is 11.6. The van der Waals surface area contributed by atoms with Crippen molar-refractivity contribution >= 4 is 40.4 Å². The van der Waals surface area contributed by atoms with Gasteiger partial charge in [0.2, 0.25) is 5.91 Å². The molecular weight excluding hydrogens is 460 g/mol. The number of fused-ring (bicyclic) bond motifs is 1. The third kappa shape index (κ3) is 7.10. The maximum Gasteiger partial charge on any atom is 0.342 e. The number of esters is 1. The molecule has 1 heterocycles. The molecule has 0 saturated heterocycles. The van der Waals surface area contributed by atoms with E-state index in [1.165, 1.54) is 22.9 Å². The summed E-state index contributed by atoms with van der Waals surface area (Å²) in [6.07, 6.45) is 3.22. The largest absolute Gasteiger partial charge is 0.462 e. The lowest BCUT2D eigenvalue weighted by Gasteiger charge is -2.20. The number of carbonyl (C=O) groups excluding carboxylic acids is 2. The van der Waals surface area contributed by atoms with Crippen LogP contribution in [0, 0.1) is 0 Å². The highest BCUT2D eigenvalue weighted by atomic mass is 32.2. The van der Waals surface area contributed by atoms with Crippen molar-refractivity contribution in [1.82, 2.24) is 4.98 Å². The monoisotopic (exact) mass is 496 g/mol. The molecule has 0 fully saturated rings. The van der Waals surface area contributed by atoms with Crippen molar-refractivity contribution in [2.75, 3.05) is 17.7 Å². The number of hydrogen-bond donors (Lipinski definition) is 1. The molecule has 1 amide bonds. The van der Waals surface area contributed by atoms with Gasteiger partial charge in [0.05, 0.1) is 6.61 Å². The van der Waals surface area contributed by atoms with E-state index in [1.54, 1.807) is 19.1 Å². The summed E-state index contributed by atoms with van der Waals surface area (Å²) in [5, 5.41) is 3.73. The number of aromatic nitrogens is 1. The number of amides is 1. The number of para-hydroxylation sites is 2. The van der Waals surface area contributed by atoms with Crippen molar-refractivity contribution in [2.45, 2.75) is 77.4 Å². The fraction of sp³-hybridized carbons (Fsp3) is 0.464. The lowest BCUT2D eigenvalue weighted by molar-refractivity contribution is -0.116. The Morgan fingerprint density at radius 3 is 2.34 bits per heavy atom. The van der Waals surface area contributed by atoms with Gasteiger partial charge in [0.1, 0.15) is 11.1 Å². The number of anilines is 1. The molecule has 35 heavy (non-hydrogen) atoms. The molecule has 3 aromatic rings. The summed E-state index contributed by atoms with van der Waals surface area (Å²) in [4.78, 5) is 29.3. The summed E-state index contributed by atoms with van der Waals surface area (Å²) in [5.41, 5.74) is 4.87. The van der Waals surface area contributed by atoms with E-state index in [0.717, 1.165) is 30.7 Å². The van der Waals surface area contributed by atoms with Gasteiger partial charge in [0.25, 0.3) is 5.22 Å². The van der Waals surface area contributed by atoms with Gasteiger partial charge in [-0.25, -0.2) is 9.78 Å². The maximum absolute atomic E-state index is 12.7. The topological polar surface area (TPSA) is 81.4 Å². The molecule has 0 spiro atoms. The van der Waals surface area contributed by atoms with E-state index < -0.39 is 5.97 Å². The van der Waals surface area contributed by atoms with E-state index in [0.29, 0.717) is 46.7 Å². The highest BCUT2D eigenvalue weighted by Gasteiger charge is 2.17. The van der Waals surface area contributed by atoms with Crippen molar-refractivity contribution in [2.24, 2.45) is 0 Å². The molecule has 0 saturated carbocycles. The Hall–Kier alpha value is -2.80. The molecule has 3 rings (SSSR count). The molecule has 2 aromatic carbocycles. The Bertz CT molecular complexity index is 1130. The Morgan fingerprint density at radius 2 is 1.69 bits per heavy atom. The van der Waals surface area contributed by atoms with Gasteiger partial charge in [0, 0.05) is 17.9 Å². The zero-order chi connectivity index (χ0) is 25.4. The second-order valence-electron chi connectivity index (χ2n) is 9.18. The minimum atomic E-state index is -0.402. The molecule has 0 radical (unpaired) electrons. The van der Waals surface area contributed by atoms with Crippen LogP contribution in [0.1, 0.15) is 93.6 Å². The number of unbranched alkanes of at least 4 members (excludes halogenated alkanes) is 2. The van der Waals surface area contributed by atoms with Crippen LogP contribution in [0.3, 0.4) is 0 Å². The molecule has 188 valence electrons. The quantitative estimate of drug-likeness (QED) is 0.158. The van der Waals surface area contributed by atoms with Crippen LogP contribution in [0.15, 0.2) is 46.0 Å². The fourth-order valence-corrected chi connectivity index (χ4v) is 4.81. The minimum absolute atomic E-state index is 0.0677. The summed E-state index contributed by atoms with van der Waals surface area (Å²) in [6.45, 7) is 10.7. The fourth-order valence-electron chi connectivity index (χ4n) is 3.98. The zero-order valence-corrected chi connectivity index (χ0v) is 22.2. The maximum atomic E-state index is 12.7. The van der Waals surface area contributed by atoms with Gasteiger partial charge in [-0.05, 0) is 54.9 Å². The Morgan fingerprint density at radius 1 is 1.00 bits per heavy atom. The molecule has 0 unspecified atom stereocenters. The number of thioether (sulfide) groups is 1. The van der Waals surface area contributed by atoms with Crippen LogP contribution in [0.25, 0.3) is 11.1 Å². The Kier molecular flexibility index (Phi) is 9.78. The number of ether oxygens (including phenoxy) is 1. The van der Waals surface area contributed by atoms with Crippen LogP contribution in [-0.2, 0) is 9.53 Å². The second kappa shape index (κ2) is 12.8. The molecule has 0 aliphatic heterocycles. The normalized spacial score (nSPS) is 11.4. The first-order valence-electron chi connectivity index (χ1n) is 12.4. The van der Waals surface area contributed by atoms with Crippen LogP contribution >= 0.6 is 11.8 Å². The van der Waals surface area contributed by atoms with Crippen LogP contribution in [0.5, 0.6) is 0 Å². The predicted octanol–water partition coefficient (Wildman–Crippen LogP) is 7.54. The molecule has 6 nitrogen and oxygen atoms in total. The van der Waals surface area contributed by atoms with Crippen molar-refractivity contribution < 1.29 is 18.7 Å². The van der Waals surface area contributed by atoms with Gasteiger partial charge in [0.15, 0.2) is 5.58 Å². The van der Waals surface area contributed by atoms with Crippen molar-refractivity contribution in [3.63, 3.8) is 0 Å². The smallest absolute Gasteiger partial charge is 0.342 e. The lowest BCUT2D eigenvalue weighted by Crippen LogP contribution is -2.15. The molecule has 0 atom stereocenters. The third-order valence-corrected chi connectivity index (χ3v) is 6.72. The standard InChI is InChI=1S/C28H36N2O4S/c1-6-33-27(32)22-14-11-15-23-26(22)34-28(29-23)35-17-9-7-8-16-24(31)30-25-20(18(2)3)12-10-13-21(25)19(4)5/h10-15,18-19H,6-9,16-17H2,1-5H3,(H,30,31). The number of benzene rings is 2. The first kappa shape index (κ1) is 26.8. The van der Waals surface area contributed by atoms with E-state index in [2.05, 4.69) is 56.2 Å². The van der Waals surface area contributed by atoms with Crippen molar-refractivity contribution in [3.8, 4) is 0 Å². The average molecular weight is 497 g/mol. The number of carbonyl (C=O) groups is 2. The van der Waals surface area contributed by atoms with Crippen molar-refractivity contribution in [3.05, 3.63) is 53.1 Å². The molecule has 1 N–H and O–H groups in total. The minimum Gasteiger partial charge on any atom is -0.462 e. The highest BCUT2D eigenvalue weighted by Crippen LogP contribution is 2.32. The van der Waals surface area contributed by atoms with E-state index in [4.69, 9.17) is 9.15 Å². The van der Waals surface area contributed by atoms with Gasteiger partial charge in [-0.15, -0.1) is 0 Å². The zero-order valence-electron chi connectivity index (χ0n) is 21.3. The molecule has 7 heteroatoms. The van der Waals surface area contributed by atoms with Gasteiger partial charge in [-0.1, -0.05) is 70.1 Å². The molecule has 0 bridgehead atoms. The molecular formula is C28H36N2O4S. The van der Waals surface area contributed by atoms with Crippen molar-refractivity contribution in [1.29, 1.82) is 0 Å². The second-order valence-corrected chi connectivity index (χ2v) is 10.2. The van der Waals surface area contributed by atoms with Crippen LogP contribution < -0.4 is 5.32 Å². The van der Waals surface area contributed by atoms with E-state index in [1.807, 2.05) is 6.07 Å². The van der Waals surface area contributed by atoms with E-state index in [-0.39, 0.29) is 5.91 Å². The molecule has 0 aliphatic carbocycles. The van der Waals surface area contributed by atoms with Gasteiger partial charge in [-0.2, -0.15) is 0 Å². The molecule has 1 aromatic heterocycles. The number of nitrogens with one attached hydrogen (secondary N) is 1. The first-order chi connectivity index (χ1) is 16.8. The van der Waals surface area contributed by atoms with Crippen LogP contribution in [0.2, 0.25) is 0 Å². The average Bonchev–Trinajstić information content (AvgIpc) is 3.24. The summed E-state index contributed by atoms with van der Waals surface area (Å²) >= 11 is 1.52. The Balaban J connectivity index is 1.46. The van der Waals surface area contributed by atoms with E-state index >= 15 is 0 Å².